The maximum absolute atomic E-state index is 2.38. The Kier molecular flexibility index (Phi) is 5.85. The Morgan fingerprint density at radius 3 is 1.60 bits per heavy atom. The molecule has 0 nitrogen and oxygen atoms in total. The van der Waals surface area contributed by atoms with Gasteiger partial charge < -0.3 is 0 Å². The molecular formula is C46H28S. The molecule has 1 heterocycles. The predicted octanol–water partition coefficient (Wildman–Crippen LogP) is 13.7. The number of thiophene rings is 1. The topological polar surface area (TPSA) is 0 Å². The van der Waals surface area contributed by atoms with Crippen LogP contribution in [0.15, 0.2) is 170 Å². The van der Waals surface area contributed by atoms with Crippen molar-refractivity contribution in [3.8, 4) is 33.4 Å². The fourth-order valence-corrected chi connectivity index (χ4v) is 8.91. The van der Waals surface area contributed by atoms with E-state index in [-0.39, 0.29) is 0 Å². The van der Waals surface area contributed by atoms with Gasteiger partial charge in [-0.15, -0.1) is 11.3 Å². The first-order valence-corrected chi connectivity index (χ1v) is 17.0. The lowest BCUT2D eigenvalue weighted by molar-refractivity contribution is 1.63. The monoisotopic (exact) mass is 612 g/mol. The number of hydrogen-bond donors (Lipinski definition) is 0. The molecule has 0 aliphatic rings. The molecule has 0 radical (unpaired) electrons. The van der Waals surface area contributed by atoms with Gasteiger partial charge in [0, 0.05) is 20.2 Å². The van der Waals surface area contributed by atoms with Crippen LogP contribution in [0.4, 0.5) is 0 Å². The third kappa shape index (κ3) is 4.07. The largest absolute Gasteiger partial charge is 0.135 e. The van der Waals surface area contributed by atoms with Crippen molar-refractivity contribution >= 4 is 74.6 Å². The standard InChI is InChI=1S/C46H28S/c1-3-16-34-29(11-1)13-10-22-36(34)45-39-20-7-5-18-37(39)44(38-19-6-8-21-40(38)45)33-15-9-14-31(27-33)32-23-25-41-43(28-32)47-42-26-24-30-12-2-4-17-35(30)46(41)42/h1-28H. The van der Waals surface area contributed by atoms with Crippen molar-refractivity contribution in [2.45, 2.75) is 0 Å². The second kappa shape index (κ2) is 10.4. The number of fused-ring (bicyclic) bond motifs is 8. The molecule has 0 aliphatic carbocycles. The first-order valence-electron chi connectivity index (χ1n) is 16.2. The van der Waals surface area contributed by atoms with E-state index in [0.717, 1.165) is 0 Å². The molecule has 0 atom stereocenters. The molecule has 1 heteroatoms. The second-order valence-corrected chi connectivity index (χ2v) is 13.5. The molecule has 10 rings (SSSR count). The molecule has 0 amide bonds. The molecule has 47 heavy (non-hydrogen) atoms. The van der Waals surface area contributed by atoms with E-state index in [4.69, 9.17) is 0 Å². The van der Waals surface area contributed by atoms with Gasteiger partial charge in [0.15, 0.2) is 0 Å². The third-order valence-electron chi connectivity index (χ3n) is 9.84. The minimum atomic E-state index is 1.23. The van der Waals surface area contributed by atoms with Crippen molar-refractivity contribution in [3.63, 3.8) is 0 Å². The summed E-state index contributed by atoms with van der Waals surface area (Å²) in [6.45, 7) is 0. The lowest BCUT2D eigenvalue weighted by Crippen LogP contribution is -1.92. The molecule has 0 fully saturated rings. The molecule has 218 valence electrons. The average molecular weight is 613 g/mol. The van der Waals surface area contributed by atoms with Crippen molar-refractivity contribution in [1.29, 1.82) is 0 Å². The van der Waals surface area contributed by atoms with Crippen LogP contribution >= 0.6 is 11.3 Å². The van der Waals surface area contributed by atoms with Gasteiger partial charge in [-0.3, -0.25) is 0 Å². The highest BCUT2D eigenvalue weighted by atomic mass is 32.1. The van der Waals surface area contributed by atoms with E-state index in [1.807, 2.05) is 11.3 Å². The summed E-state index contributed by atoms with van der Waals surface area (Å²) in [5.74, 6) is 0. The minimum Gasteiger partial charge on any atom is -0.135 e. The second-order valence-electron chi connectivity index (χ2n) is 12.4. The average Bonchev–Trinajstić information content (AvgIpc) is 3.52. The lowest BCUT2D eigenvalue weighted by atomic mass is 9.84. The molecular weight excluding hydrogens is 585 g/mol. The van der Waals surface area contributed by atoms with E-state index >= 15 is 0 Å². The Labute approximate surface area is 276 Å². The Morgan fingerprint density at radius 1 is 0.298 bits per heavy atom. The first kappa shape index (κ1) is 26.5. The molecule has 10 aromatic rings. The van der Waals surface area contributed by atoms with Gasteiger partial charge in [-0.05, 0) is 94.7 Å². The maximum Gasteiger partial charge on any atom is 0.0361 e. The summed E-state index contributed by atoms with van der Waals surface area (Å²) in [5, 5.41) is 13.0. The summed E-state index contributed by atoms with van der Waals surface area (Å²) in [7, 11) is 0. The molecule has 0 saturated heterocycles. The van der Waals surface area contributed by atoms with Gasteiger partial charge in [0.05, 0.1) is 0 Å². The third-order valence-corrected chi connectivity index (χ3v) is 11.0. The van der Waals surface area contributed by atoms with Crippen molar-refractivity contribution in [2.75, 3.05) is 0 Å². The zero-order valence-corrected chi connectivity index (χ0v) is 26.4. The predicted molar refractivity (Wildman–Crippen MR) is 206 cm³/mol. The molecule has 0 unspecified atom stereocenters. The van der Waals surface area contributed by atoms with E-state index in [1.165, 1.54) is 96.6 Å². The summed E-state index contributed by atoms with van der Waals surface area (Å²) in [4.78, 5) is 0. The zero-order valence-electron chi connectivity index (χ0n) is 25.6. The van der Waals surface area contributed by atoms with Gasteiger partial charge in [-0.25, -0.2) is 0 Å². The molecule has 0 N–H and O–H groups in total. The highest BCUT2D eigenvalue weighted by Crippen LogP contribution is 2.46. The van der Waals surface area contributed by atoms with E-state index in [2.05, 4.69) is 170 Å². The molecule has 0 spiro atoms. The Hall–Kier alpha value is -5.76. The highest BCUT2D eigenvalue weighted by Gasteiger charge is 2.18. The van der Waals surface area contributed by atoms with Crippen molar-refractivity contribution in [1.82, 2.24) is 0 Å². The Morgan fingerprint density at radius 2 is 0.851 bits per heavy atom. The fraction of sp³-hybridized carbons (Fsp3) is 0. The number of benzene rings is 9. The van der Waals surface area contributed by atoms with Crippen LogP contribution < -0.4 is 0 Å². The van der Waals surface area contributed by atoms with Crippen LogP contribution in [0.1, 0.15) is 0 Å². The van der Waals surface area contributed by atoms with Gasteiger partial charge in [-0.1, -0.05) is 152 Å². The number of rotatable bonds is 3. The quantitative estimate of drug-likeness (QED) is 0.174. The van der Waals surface area contributed by atoms with Gasteiger partial charge in [0.25, 0.3) is 0 Å². The normalized spacial score (nSPS) is 11.8. The van der Waals surface area contributed by atoms with Crippen LogP contribution in [-0.4, -0.2) is 0 Å². The first-order chi connectivity index (χ1) is 23.3. The van der Waals surface area contributed by atoms with E-state index in [0.29, 0.717) is 0 Å². The van der Waals surface area contributed by atoms with Crippen LogP contribution in [0.3, 0.4) is 0 Å². The van der Waals surface area contributed by atoms with Gasteiger partial charge >= 0.3 is 0 Å². The van der Waals surface area contributed by atoms with Crippen LogP contribution in [0.2, 0.25) is 0 Å². The molecule has 0 bridgehead atoms. The fourth-order valence-electron chi connectivity index (χ4n) is 7.75. The van der Waals surface area contributed by atoms with E-state index in [1.54, 1.807) is 0 Å². The van der Waals surface area contributed by atoms with E-state index in [9.17, 15) is 0 Å². The summed E-state index contributed by atoms with van der Waals surface area (Å²) in [6.07, 6.45) is 0. The molecule has 0 aliphatic heterocycles. The van der Waals surface area contributed by atoms with Crippen molar-refractivity contribution in [2.24, 2.45) is 0 Å². The summed E-state index contributed by atoms with van der Waals surface area (Å²) < 4.78 is 2.67. The molecule has 1 aromatic heterocycles. The van der Waals surface area contributed by atoms with Gasteiger partial charge in [-0.2, -0.15) is 0 Å². The van der Waals surface area contributed by atoms with Gasteiger partial charge in [0.2, 0.25) is 0 Å². The molecule has 9 aromatic carbocycles. The van der Waals surface area contributed by atoms with Crippen LogP contribution in [0, 0.1) is 0 Å². The van der Waals surface area contributed by atoms with Crippen molar-refractivity contribution in [3.05, 3.63) is 170 Å². The minimum absolute atomic E-state index is 1.23. The summed E-state index contributed by atoms with van der Waals surface area (Å²) in [5.41, 5.74) is 7.59. The zero-order chi connectivity index (χ0) is 30.9. The number of hydrogen-bond acceptors (Lipinski definition) is 1. The summed E-state index contributed by atoms with van der Waals surface area (Å²) >= 11 is 1.89. The van der Waals surface area contributed by atoms with Gasteiger partial charge in [0.1, 0.15) is 0 Å². The van der Waals surface area contributed by atoms with Crippen LogP contribution in [0.5, 0.6) is 0 Å². The Balaban J connectivity index is 1.19. The SMILES string of the molecule is c1cc(-c2ccc3c(c2)sc2ccc4ccccc4c23)cc(-c2c3ccccc3c(-c3cccc4ccccc34)c3ccccc23)c1. The van der Waals surface area contributed by atoms with Crippen LogP contribution in [-0.2, 0) is 0 Å². The maximum atomic E-state index is 2.38. The molecule has 0 saturated carbocycles. The highest BCUT2D eigenvalue weighted by molar-refractivity contribution is 7.26. The Bertz CT molecular complexity index is 2790. The smallest absolute Gasteiger partial charge is 0.0361 e. The van der Waals surface area contributed by atoms with E-state index < -0.39 is 0 Å². The summed E-state index contributed by atoms with van der Waals surface area (Å²) in [6, 6.07) is 62.7. The van der Waals surface area contributed by atoms with Crippen molar-refractivity contribution < 1.29 is 0 Å². The lowest BCUT2D eigenvalue weighted by Gasteiger charge is -2.19. The van der Waals surface area contributed by atoms with Crippen LogP contribution in [0.25, 0.3) is 96.6 Å².